The number of aromatic nitrogens is 2. The predicted molar refractivity (Wildman–Crippen MR) is 82.1 cm³/mol. The zero-order valence-electron chi connectivity index (χ0n) is 12.4. The van der Waals surface area contributed by atoms with E-state index in [1.807, 2.05) is 4.68 Å². The number of nitrogens with one attached hydrogen (secondary N) is 1. The smallest absolute Gasteiger partial charge is 0.0767 e. The van der Waals surface area contributed by atoms with Crippen molar-refractivity contribution >= 4 is 15.9 Å². The van der Waals surface area contributed by atoms with Crippen molar-refractivity contribution in [3.63, 3.8) is 0 Å². The monoisotopic (exact) mass is 331 g/mol. The lowest BCUT2D eigenvalue weighted by Gasteiger charge is -2.14. The van der Waals surface area contributed by atoms with Crippen LogP contribution in [0.3, 0.4) is 0 Å². The maximum absolute atomic E-state index is 9.85. The van der Waals surface area contributed by atoms with E-state index in [-0.39, 0.29) is 6.10 Å². The Morgan fingerprint density at radius 3 is 2.58 bits per heavy atom. The second-order valence-electron chi connectivity index (χ2n) is 5.29. The minimum atomic E-state index is -0.276. The quantitative estimate of drug-likeness (QED) is 0.770. The second-order valence-corrected chi connectivity index (χ2v) is 6.08. The van der Waals surface area contributed by atoms with Crippen LogP contribution < -0.4 is 5.32 Å². The Kier molecular flexibility index (Phi) is 7.04. The molecule has 0 aliphatic carbocycles. The van der Waals surface area contributed by atoms with Gasteiger partial charge in [0.05, 0.1) is 22.0 Å². The Bertz CT molecular complexity index is 390. The van der Waals surface area contributed by atoms with Gasteiger partial charge in [-0.05, 0) is 41.6 Å². The van der Waals surface area contributed by atoms with Gasteiger partial charge in [-0.2, -0.15) is 5.10 Å². The average Bonchev–Trinajstić information content (AvgIpc) is 2.65. The number of nitrogens with zero attached hydrogens (tertiary/aromatic N) is 2. The third-order valence-corrected chi connectivity index (χ3v) is 4.03. The standard InChI is InChI=1S/C14H26BrN3O/c1-5-12-14(15)13(18(6-2)17-12)9-16-8-11(19)7-10(3)4/h10-11,16,19H,5-9H2,1-4H3. The summed E-state index contributed by atoms with van der Waals surface area (Å²) in [6.45, 7) is 10.7. The number of halogens is 1. The number of rotatable bonds is 8. The van der Waals surface area contributed by atoms with Crippen LogP contribution in [-0.4, -0.2) is 27.5 Å². The van der Waals surface area contributed by atoms with Gasteiger partial charge in [-0.1, -0.05) is 20.8 Å². The topological polar surface area (TPSA) is 50.1 Å². The highest BCUT2D eigenvalue weighted by Gasteiger charge is 2.14. The molecular weight excluding hydrogens is 306 g/mol. The lowest BCUT2D eigenvalue weighted by atomic mass is 10.1. The summed E-state index contributed by atoms with van der Waals surface area (Å²) in [7, 11) is 0. The second kappa shape index (κ2) is 8.02. The van der Waals surface area contributed by atoms with E-state index in [0.717, 1.165) is 41.8 Å². The molecule has 0 bridgehead atoms. The summed E-state index contributed by atoms with van der Waals surface area (Å²) in [6.07, 6.45) is 1.49. The van der Waals surface area contributed by atoms with Crippen LogP contribution in [0, 0.1) is 5.92 Å². The molecule has 1 heterocycles. The molecule has 110 valence electrons. The molecule has 0 saturated heterocycles. The van der Waals surface area contributed by atoms with Gasteiger partial charge >= 0.3 is 0 Å². The van der Waals surface area contributed by atoms with Crippen LogP contribution in [0.5, 0.6) is 0 Å². The van der Waals surface area contributed by atoms with E-state index in [2.05, 4.69) is 54.0 Å². The van der Waals surface area contributed by atoms with Crippen molar-refractivity contribution in [2.45, 2.75) is 59.7 Å². The maximum Gasteiger partial charge on any atom is 0.0767 e. The number of aliphatic hydroxyl groups excluding tert-OH is 1. The van der Waals surface area contributed by atoms with Crippen LogP contribution in [0.15, 0.2) is 4.47 Å². The fraction of sp³-hybridized carbons (Fsp3) is 0.786. The molecule has 5 heteroatoms. The molecule has 0 amide bonds. The van der Waals surface area contributed by atoms with Crippen LogP contribution in [0.1, 0.15) is 45.5 Å². The summed E-state index contributed by atoms with van der Waals surface area (Å²) < 4.78 is 3.12. The number of hydrogen-bond donors (Lipinski definition) is 2. The molecule has 1 atom stereocenters. The molecule has 1 aromatic rings. The lowest BCUT2D eigenvalue weighted by Crippen LogP contribution is -2.28. The summed E-state index contributed by atoms with van der Waals surface area (Å²) >= 11 is 3.62. The SMILES string of the molecule is CCc1nn(CC)c(CNCC(O)CC(C)C)c1Br. The van der Waals surface area contributed by atoms with Gasteiger partial charge in [0.15, 0.2) is 0 Å². The van der Waals surface area contributed by atoms with Crippen LogP contribution in [0.4, 0.5) is 0 Å². The van der Waals surface area contributed by atoms with Crippen molar-refractivity contribution in [1.29, 1.82) is 0 Å². The highest BCUT2D eigenvalue weighted by Crippen LogP contribution is 2.22. The van der Waals surface area contributed by atoms with Crippen molar-refractivity contribution < 1.29 is 5.11 Å². The van der Waals surface area contributed by atoms with E-state index in [0.29, 0.717) is 12.5 Å². The van der Waals surface area contributed by atoms with Gasteiger partial charge in [-0.3, -0.25) is 4.68 Å². The Morgan fingerprint density at radius 2 is 2.05 bits per heavy atom. The van der Waals surface area contributed by atoms with Crippen molar-refractivity contribution in [3.05, 3.63) is 15.9 Å². The molecule has 1 unspecified atom stereocenters. The third kappa shape index (κ3) is 4.89. The van der Waals surface area contributed by atoms with Crippen molar-refractivity contribution in [1.82, 2.24) is 15.1 Å². The molecule has 19 heavy (non-hydrogen) atoms. The first kappa shape index (κ1) is 16.7. The zero-order chi connectivity index (χ0) is 14.4. The summed E-state index contributed by atoms with van der Waals surface area (Å²) in [5.41, 5.74) is 2.26. The van der Waals surface area contributed by atoms with Gasteiger partial charge in [-0.15, -0.1) is 0 Å². The summed E-state index contributed by atoms with van der Waals surface area (Å²) in [4.78, 5) is 0. The minimum absolute atomic E-state index is 0.276. The molecular formula is C14H26BrN3O. The van der Waals surface area contributed by atoms with Gasteiger partial charge in [0.1, 0.15) is 0 Å². The van der Waals surface area contributed by atoms with Crippen LogP contribution in [-0.2, 0) is 19.5 Å². The number of aryl methyl sites for hydroxylation is 2. The summed E-state index contributed by atoms with van der Waals surface area (Å²) in [6, 6.07) is 0. The molecule has 0 aromatic carbocycles. The van der Waals surface area contributed by atoms with E-state index in [9.17, 15) is 5.11 Å². The van der Waals surface area contributed by atoms with Crippen LogP contribution >= 0.6 is 15.9 Å². The van der Waals surface area contributed by atoms with Gasteiger partial charge in [0, 0.05) is 19.6 Å². The minimum Gasteiger partial charge on any atom is -0.392 e. The maximum atomic E-state index is 9.85. The highest BCUT2D eigenvalue weighted by atomic mass is 79.9. The average molecular weight is 332 g/mol. The Morgan fingerprint density at radius 1 is 1.37 bits per heavy atom. The molecule has 0 saturated carbocycles. The molecule has 1 aromatic heterocycles. The number of hydrogen-bond acceptors (Lipinski definition) is 3. The van der Waals surface area contributed by atoms with Crippen LogP contribution in [0.25, 0.3) is 0 Å². The first-order chi connectivity index (χ1) is 8.99. The van der Waals surface area contributed by atoms with Gasteiger partial charge in [0.2, 0.25) is 0 Å². The molecule has 0 aliphatic heterocycles. The molecule has 0 spiro atoms. The predicted octanol–water partition coefficient (Wildman–Crippen LogP) is 2.72. The summed E-state index contributed by atoms with van der Waals surface area (Å²) in [5, 5.41) is 17.7. The Labute approximate surface area is 124 Å². The van der Waals surface area contributed by atoms with Gasteiger partial charge in [-0.25, -0.2) is 0 Å². The highest BCUT2D eigenvalue weighted by molar-refractivity contribution is 9.10. The normalized spacial score (nSPS) is 13.2. The Balaban J connectivity index is 2.55. The first-order valence-corrected chi connectivity index (χ1v) is 7.91. The van der Waals surface area contributed by atoms with Gasteiger partial charge in [0.25, 0.3) is 0 Å². The molecule has 4 nitrogen and oxygen atoms in total. The molecule has 0 aliphatic rings. The molecule has 0 fully saturated rings. The van der Waals surface area contributed by atoms with Crippen molar-refractivity contribution in [2.24, 2.45) is 5.92 Å². The van der Waals surface area contributed by atoms with E-state index in [1.54, 1.807) is 0 Å². The van der Waals surface area contributed by atoms with E-state index in [1.165, 1.54) is 0 Å². The molecule has 1 rings (SSSR count). The fourth-order valence-corrected chi connectivity index (χ4v) is 2.88. The van der Waals surface area contributed by atoms with E-state index >= 15 is 0 Å². The zero-order valence-corrected chi connectivity index (χ0v) is 14.0. The first-order valence-electron chi connectivity index (χ1n) is 7.12. The van der Waals surface area contributed by atoms with Crippen molar-refractivity contribution in [2.75, 3.05) is 6.54 Å². The number of aliphatic hydroxyl groups is 1. The van der Waals surface area contributed by atoms with E-state index in [4.69, 9.17) is 0 Å². The van der Waals surface area contributed by atoms with E-state index < -0.39 is 0 Å². The fourth-order valence-electron chi connectivity index (χ4n) is 2.17. The molecule has 2 N–H and O–H groups in total. The largest absolute Gasteiger partial charge is 0.392 e. The van der Waals surface area contributed by atoms with Crippen molar-refractivity contribution in [3.8, 4) is 0 Å². The third-order valence-electron chi connectivity index (χ3n) is 3.11. The lowest BCUT2D eigenvalue weighted by molar-refractivity contribution is 0.146. The summed E-state index contributed by atoms with van der Waals surface area (Å²) in [5.74, 6) is 0.524. The Hall–Kier alpha value is -0.390. The van der Waals surface area contributed by atoms with Crippen LogP contribution in [0.2, 0.25) is 0 Å². The molecule has 0 radical (unpaired) electrons. The van der Waals surface area contributed by atoms with Gasteiger partial charge < -0.3 is 10.4 Å².